The van der Waals surface area contributed by atoms with Crippen LogP contribution in [0, 0.1) is 0 Å². The second kappa shape index (κ2) is 5.38. The van der Waals surface area contributed by atoms with Crippen molar-refractivity contribution in [2.45, 2.75) is 45.3 Å². The maximum Gasteiger partial charge on any atom is 0.410 e. The van der Waals surface area contributed by atoms with Crippen LogP contribution in [0.3, 0.4) is 0 Å². The van der Waals surface area contributed by atoms with Gasteiger partial charge in [0.1, 0.15) is 11.6 Å². The summed E-state index contributed by atoms with van der Waals surface area (Å²) in [6.45, 7) is 8.37. The van der Waals surface area contributed by atoms with Crippen molar-refractivity contribution in [1.82, 2.24) is 14.5 Å². The van der Waals surface area contributed by atoms with Gasteiger partial charge >= 0.3 is 6.09 Å². The van der Waals surface area contributed by atoms with E-state index in [1.165, 1.54) is 0 Å². The summed E-state index contributed by atoms with van der Waals surface area (Å²) in [6, 6.07) is -0.446. The molecule has 7 nitrogen and oxygen atoms in total. The van der Waals surface area contributed by atoms with Gasteiger partial charge in [-0.25, -0.2) is 9.78 Å². The second-order valence-electron chi connectivity index (χ2n) is 6.39. The number of nitrogens with zero attached hydrogens (tertiary/aromatic N) is 3. The first kappa shape index (κ1) is 15.3. The number of hydrogen-bond acceptors (Lipinski definition) is 4. The number of amides is 2. The van der Waals surface area contributed by atoms with E-state index in [4.69, 9.17) is 10.5 Å². The molecule has 0 radical (unpaired) electrons. The third kappa shape index (κ3) is 3.34. The zero-order chi connectivity index (χ0) is 15.8. The Hall–Kier alpha value is -2.05. The SMILES string of the molecule is CC(C(N)=O)n1cncc1C1CN(C(=O)OC(C)(C)C)C1. The van der Waals surface area contributed by atoms with Crippen molar-refractivity contribution in [3.05, 3.63) is 18.2 Å². The van der Waals surface area contributed by atoms with Crippen LogP contribution in [0.15, 0.2) is 12.5 Å². The van der Waals surface area contributed by atoms with Crippen LogP contribution in [-0.4, -0.2) is 45.1 Å². The molecule has 1 unspecified atom stereocenters. The highest BCUT2D eigenvalue weighted by Crippen LogP contribution is 2.29. The summed E-state index contributed by atoms with van der Waals surface area (Å²) in [6.07, 6.45) is 3.00. The topological polar surface area (TPSA) is 90.5 Å². The summed E-state index contributed by atoms with van der Waals surface area (Å²) < 4.78 is 7.08. The monoisotopic (exact) mass is 294 g/mol. The number of primary amides is 1. The molecule has 1 atom stereocenters. The van der Waals surface area contributed by atoms with Crippen molar-refractivity contribution < 1.29 is 14.3 Å². The van der Waals surface area contributed by atoms with Crippen molar-refractivity contribution in [3.8, 4) is 0 Å². The number of carbonyl (C=O) groups is 2. The predicted molar refractivity (Wildman–Crippen MR) is 76.7 cm³/mol. The number of likely N-dealkylation sites (tertiary alicyclic amines) is 1. The molecule has 1 aromatic rings. The Morgan fingerprint density at radius 3 is 2.57 bits per heavy atom. The van der Waals surface area contributed by atoms with Crippen LogP contribution in [0.4, 0.5) is 4.79 Å². The van der Waals surface area contributed by atoms with E-state index in [0.29, 0.717) is 13.1 Å². The number of rotatable bonds is 3. The number of imidazole rings is 1. The van der Waals surface area contributed by atoms with E-state index >= 15 is 0 Å². The smallest absolute Gasteiger partial charge is 0.410 e. The minimum absolute atomic E-state index is 0.154. The second-order valence-corrected chi connectivity index (χ2v) is 6.39. The third-order valence-corrected chi connectivity index (χ3v) is 3.48. The quantitative estimate of drug-likeness (QED) is 0.908. The molecule has 2 N–H and O–H groups in total. The van der Waals surface area contributed by atoms with Gasteiger partial charge in [-0.1, -0.05) is 0 Å². The number of nitrogens with two attached hydrogens (primary N) is 1. The lowest BCUT2D eigenvalue weighted by Crippen LogP contribution is -2.50. The molecule has 0 spiro atoms. The number of hydrogen-bond donors (Lipinski definition) is 1. The first-order valence-electron chi connectivity index (χ1n) is 6.98. The minimum Gasteiger partial charge on any atom is -0.444 e. The largest absolute Gasteiger partial charge is 0.444 e. The van der Waals surface area contributed by atoms with E-state index in [9.17, 15) is 9.59 Å². The van der Waals surface area contributed by atoms with Crippen molar-refractivity contribution in [1.29, 1.82) is 0 Å². The van der Waals surface area contributed by atoms with Crippen molar-refractivity contribution in [2.75, 3.05) is 13.1 Å². The average Bonchev–Trinajstić information content (AvgIpc) is 2.72. The van der Waals surface area contributed by atoms with E-state index in [-0.39, 0.29) is 12.0 Å². The van der Waals surface area contributed by atoms with Gasteiger partial charge in [0.15, 0.2) is 0 Å². The Balaban J connectivity index is 1.98. The molecule has 0 aromatic carbocycles. The van der Waals surface area contributed by atoms with E-state index in [1.807, 2.05) is 20.8 Å². The summed E-state index contributed by atoms with van der Waals surface area (Å²) in [7, 11) is 0. The summed E-state index contributed by atoms with van der Waals surface area (Å²) in [5.41, 5.74) is 5.75. The molecule has 21 heavy (non-hydrogen) atoms. The zero-order valence-corrected chi connectivity index (χ0v) is 12.9. The molecule has 2 amide bonds. The maximum absolute atomic E-state index is 11.9. The highest BCUT2D eigenvalue weighted by atomic mass is 16.6. The van der Waals surface area contributed by atoms with Crippen molar-refractivity contribution in [3.63, 3.8) is 0 Å². The van der Waals surface area contributed by atoms with Gasteiger partial charge in [0.05, 0.1) is 6.33 Å². The first-order valence-corrected chi connectivity index (χ1v) is 6.98. The molecule has 116 valence electrons. The normalized spacial score (nSPS) is 17.2. The predicted octanol–water partition coefficient (Wildman–Crippen LogP) is 1.26. The van der Waals surface area contributed by atoms with E-state index < -0.39 is 17.6 Å². The molecule has 7 heteroatoms. The Morgan fingerprint density at radius 1 is 1.43 bits per heavy atom. The number of ether oxygens (including phenoxy) is 1. The Bertz CT molecular complexity index is 541. The van der Waals surface area contributed by atoms with Crippen molar-refractivity contribution >= 4 is 12.0 Å². The summed E-state index contributed by atoms with van der Waals surface area (Å²) in [5.74, 6) is -0.251. The maximum atomic E-state index is 11.9. The first-order chi connectivity index (χ1) is 9.69. The molecule has 1 aliphatic rings. The standard InChI is InChI=1S/C14H22N4O3/c1-9(12(15)19)18-8-16-5-11(18)10-6-17(7-10)13(20)21-14(2,3)4/h5,8-10H,6-7H2,1-4H3,(H2,15,19). The van der Waals surface area contributed by atoms with Crippen LogP contribution >= 0.6 is 0 Å². The van der Waals surface area contributed by atoms with Crippen molar-refractivity contribution in [2.24, 2.45) is 5.73 Å². The molecule has 2 heterocycles. The fourth-order valence-corrected chi connectivity index (χ4v) is 2.23. The minimum atomic E-state index is -0.496. The van der Waals surface area contributed by atoms with E-state index in [1.54, 1.807) is 28.9 Å². The van der Waals surface area contributed by atoms with Gasteiger partial charge in [-0.15, -0.1) is 0 Å². The summed E-state index contributed by atoms with van der Waals surface area (Å²) in [4.78, 5) is 28.9. The zero-order valence-electron chi connectivity index (χ0n) is 12.9. The molecule has 0 bridgehead atoms. The Kier molecular flexibility index (Phi) is 3.93. The van der Waals surface area contributed by atoms with Crippen LogP contribution in [0.25, 0.3) is 0 Å². The van der Waals surface area contributed by atoms with Gasteiger partial charge in [0.2, 0.25) is 5.91 Å². The Labute approximate surface area is 124 Å². The highest BCUT2D eigenvalue weighted by molar-refractivity contribution is 5.78. The molecule has 0 saturated carbocycles. The lowest BCUT2D eigenvalue weighted by atomic mass is 9.97. The lowest BCUT2D eigenvalue weighted by Gasteiger charge is -2.40. The fourth-order valence-electron chi connectivity index (χ4n) is 2.23. The van der Waals surface area contributed by atoms with Gasteiger partial charge in [-0.3, -0.25) is 4.79 Å². The number of carbonyl (C=O) groups excluding carboxylic acids is 2. The van der Waals surface area contributed by atoms with Gasteiger partial charge < -0.3 is 19.9 Å². The van der Waals surface area contributed by atoms with Crippen LogP contribution in [0.1, 0.15) is 45.3 Å². The van der Waals surface area contributed by atoms with Crippen LogP contribution in [-0.2, 0) is 9.53 Å². The summed E-state index contributed by atoms with van der Waals surface area (Å²) >= 11 is 0. The molecule has 1 aromatic heterocycles. The molecule has 2 rings (SSSR count). The highest BCUT2D eigenvalue weighted by Gasteiger charge is 2.36. The van der Waals surface area contributed by atoms with Crippen LogP contribution < -0.4 is 5.73 Å². The van der Waals surface area contributed by atoms with E-state index in [2.05, 4.69) is 4.98 Å². The van der Waals surface area contributed by atoms with Gasteiger partial charge in [-0.05, 0) is 27.7 Å². The molecule has 1 fully saturated rings. The van der Waals surface area contributed by atoms with Crippen LogP contribution in [0.2, 0.25) is 0 Å². The molecular formula is C14H22N4O3. The molecule has 1 aliphatic heterocycles. The van der Waals surface area contributed by atoms with E-state index in [0.717, 1.165) is 5.69 Å². The van der Waals surface area contributed by atoms with Gasteiger partial charge in [0.25, 0.3) is 0 Å². The number of aromatic nitrogens is 2. The third-order valence-electron chi connectivity index (χ3n) is 3.48. The van der Waals surface area contributed by atoms with Crippen LogP contribution in [0.5, 0.6) is 0 Å². The lowest BCUT2D eigenvalue weighted by molar-refractivity contribution is -0.120. The average molecular weight is 294 g/mol. The molecular weight excluding hydrogens is 272 g/mol. The fraction of sp³-hybridized carbons (Fsp3) is 0.643. The molecule has 0 aliphatic carbocycles. The summed E-state index contributed by atoms with van der Waals surface area (Å²) in [5, 5.41) is 0. The molecule has 1 saturated heterocycles. The Morgan fingerprint density at radius 2 is 2.05 bits per heavy atom. The van der Waals surface area contributed by atoms with Gasteiger partial charge in [0, 0.05) is 30.9 Å². The van der Waals surface area contributed by atoms with Gasteiger partial charge in [-0.2, -0.15) is 0 Å².